The molecular formula is C19H21NO4. The van der Waals surface area contributed by atoms with Crippen LogP contribution in [-0.2, 0) is 6.42 Å². The minimum Gasteiger partial charge on any atom is -0.478 e. The fourth-order valence-electron chi connectivity index (χ4n) is 3.37. The Morgan fingerprint density at radius 2 is 1.96 bits per heavy atom. The third-order valence-corrected chi connectivity index (χ3v) is 4.68. The quantitative estimate of drug-likeness (QED) is 0.892. The van der Waals surface area contributed by atoms with Crippen LogP contribution in [0.4, 0.5) is 0 Å². The average Bonchev–Trinajstić information content (AvgIpc) is 3.02. The molecule has 5 heteroatoms. The van der Waals surface area contributed by atoms with E-state index in [2.05, 4.69) is 18.3 Å². The van der Waals surface area contributed by atoms with E-state index in [0.29, 0.717) is 18.1 Å². The van der Waals surface area contributed by atoms with Crippen LogP contribution < -0.4 is 5.32 Å². The van der Waals surface area contributed by atoms with Crippen molar-refractivity contribution in [3.63, 3.8) is 0 Å². The van der Waals surface area contributed by atoms with E-state index in [1.54, 1.807) is 6.92 Å². The number of rotatable bonds is 4. The van der Waals surface area contributed by atoms with Crippen molar-refractivity contribution in [3.8, 4) is 0 Å². The summed E-state index contributed by atoms with van der Waals surface area (Å²) in [5.74, 6) is -0.591. The van der Waals surface area contributed by atoms with Gasteiger partial charge in [0.1, 0.15) is 11.3 Å². The smallest absolute Gasteiger partial charge is 0.339 e. The first-order chi connectivity index (χ1) is 11.5. The second kappa shape index (κ2) is 6.51. The average molecular weight is 327 g/mol. The van der Waals surface area contributed by atoms with Crippen LogP contribution in [0.25, 0.3) is 0 Å². The number of carboxylic acid groups (broad SMARTS) is 1. The van der Waals surface area contributed by atoms with E-state index >= 15 is 0 Å². The van der Waals surface area contributed by atoms with Gasteiger partial charge in [0.2, 0.25) is 0 Å². The first kappa shape index (κ1) is 16.3. The van der Waals surface area contributed by atoms with Gasteiger partial charge in [0.15, 0.2) is 5.76 Å². The molecule has 1 aromatic heterocycles. The molecule has 1 heterocycles. The third kappa shape index (κ3) is 2.94. The highest BCUT2D eigenvalue weighted by Gasteiger charge is 2.27. The highest BCUT2D eigenvalue weighted by Crippen LogP contribution is 2.37. The van der Waals surface area contributed by atoms with Crippen LogP contribution in [0.3, 0.4) is 0 Å². The lowest BCUT2D eigenvalue weighted by Crippen LogP contribution is -2.31. The third-order valence-electron chi connectivity index (χ3n) is 4.68. The molecule has 0 radical (unpaired) electrons. The van der Waals surface area contributed by atoms with Crippen molar-refractivity contribution in [2.45, 2.75) is 45.1 Å². The molecule has 2 atom stereocenters. The Hall–Kier alpha value is -2.56. The Morgan fingerprint density at radius 1 is 1.25 bits per heavy atom. The number of amides is 1. The number of carbonyl (C=O) groups excluding carboxylic acids is 1. The lowest BCUT2D eigenvalue weighted by molar-refractivity contribution is 0.0694. The van der Waals surface area contributed by atoms with Gasteiger partial charge in [0, 0.05) is 12.5 Å². The number of aryl methyl sites for hydroxylation is 1. The number of hydrogen-bond donors (Lipinski definition) is 2. The van der Waals surface area contributed by atoms with Gasteiger partial charge >= 0.3 is 5.97 Å². The van der Waals surface area contributed by atoms with Gasteiger partial charge in [-0.05, 0) is 29.9 Å². The maximum Gasteiger partial charge on any atom is 0.339 e. The molecule has 24 heavy (non-hydrogen) atoms. The van der Waals surface area contributed by atoms with Crippen LogP contribution >= 0.6 is 0 Å². The number of furan rings is 1. The van der Waals surface area contributed by atoms with E-state index in [9.17, 15) is 14.7 Å². The first-order valence-electron chi connectivity index (χ1n) is 8.27. The lowest BCUT2D eigenvalue weighted by atomic mass is 9.81. The Bertz CT molecular complexity index is 777. The van der Waals surface area contributed by atoms with Crippen LogP contribution in [0, 0.1) is 0 Å². The maximum absolute atomic E-state index is 12.5. The molecule has 1 aliphatic carbocycles. The predicted molar refractivity (Wildman–Crippen MR) is 89.3 cm³/mol. The number of carboxylic acids is 1. The molecule has 2 unspecified atom stereocenters. The van der Waals surface area contributed by atoms with Gasteiger partial charge in [-0.25, -0.2) is 4.79 Å². The van der Waals surface area contributed by atoms with Crippen LogP contribution in [0.2, 0.25) is 0 Å². The van der Waals surface area contributed by atoms with Crippen LogP contribution in [0.5, 0.6) is 0 Å². The first-order valence-corrected chi connectivity index (χ1v) is 8.27. The summed E-state index contributed by atoms with van der Waals surface area (Å²) in [6.45, 7) is 3.99. The van der Waals surface area contributed by atoms with E-state index in [1.165, 1.54) is 11.6 Å². The largest absolute Gasteiger partial charge is 0.478 e. The molecule has 1 amide bonds. The predicted octanol–water partition coefficient (Wildman–Crippen LogP) is 3.91. The molecule has 3 rings (SSSR count). The van der Waals surface area contributed by atoms with Crippen molar-refractivity contribution in [1.29, 1.82) is 0 Å². The van der Waals surface area contributed by atoms with Crippen molar-refractivity contribution in [3.05, 3.63) is 58.5 Å². The molecule has 0 spiro atoms. The zero-order chi connectivity index (χ0) is 17.3. The lowest BCUT2D eigenvalue weighted by Gasteiger charge is -2.30. The summed E-state index contributed by atoms with van der Waals surface area (Å²) < 4.78 is 5.44. The molecule has 0 saturated heterocycles. The van der Waals surface area contributed by atoms with Gasteiger partial charge in [-0.15, -0.1) is 0 Å². The second-order valence-corrected chi connectivity index (χ2v) is 6.24. The van der Waals surface area contributed by atoms with E-state index in [1.807, 2.05) is 18.2 Å². The van der Waals surface area contributed by atoms with Gasteiger partial charge in [-0.3, -0.25) is 4.79 Å². The van der Waals surface area contributed by atoms with Crippen LogP contribution in [-0.4, -0.2) is 17.0 Å². The number of hydrogen-bond acceptors (Lipinski definition) is 3. The highest BCUT2D eigenvalue weighted by atomic mass is 16.4. The van der Waals surface area contributed by atoms with Gasteiger partial charge in [-0.1, -0.05) is 38.1 Å². The molecular weight excluding hydrogens is 306 g/mol. The van der Waals surface area contributed by atoms with Gasteiger partial charge in [0.25, 0.3) is 5.91 Å². The molecule has 2 aromatic rings. The van der Waals surface area contributed by atoms with Crippen LogP contribution in [0.1, 0.15) is 76.4 Å². The molecule has 2 N–H and O–H groups in total. The summed E-state index contributed by atoms with van der Waals surface area (Å²) in [7, 11) is 0. The zero-order valence-electron chi connectivity index (χ0n) is 13.8. The second-order valence-electron chi connectivity index (χ2n) is 6.24. The number of nitrogens with one attached hydrogen (secondary N) is 1. The van der Waals surface area contributed by atoms with Crippen molar-refractivity contribution in [1.82, 2.24) is 5.32 Å². The number of fused-ring (bicyclic) bond motifs is 1. The summed E-state index contributed by atoms with van der Waals surface area (Å²) in [5.41, 5.74) is 2.44. The molecule has 1 aliphatic rings. The molecule has 1 aromatic carbocycles. The minimum absolute atomic E-state index is 0.0558. The Labute approximate surface area is 140 Å². The van der Waals surface area contributed by atoms with Crippen molar-refractivity contribution in [2.24, 2.45) is 0 Å². The SMILES string of the molecule is CCc1oc(C(=O)NC2CCC(C)c3ccccc32)cc1C(=O)O. The van der Waals surface area contributed by atoms with Crippen LogP contribution in [0.15, 0.2) is 34.7 Å². The summed E-state index contributed by atoms with van der Waals surface area (Å²) in [6, 6.07) is 9.36. The molecule has 5 nitrogen and oxygen atoms in total. The summed E-state index contributed by atoms with van der Waals surface area (Å²) in [6.07, 6.45) is 2.29. The molecule has 126 valence electrons. The molecule has 0 fully saturated rings. The molecule has 0 saturated carbocycles. The fourth-order valence-corrected chi connectivity index (χ4v) is 3.37. The Kier molecular flexibility index (Phi) is 4.42. The van der Waals surface area contributed by atoms with E-state index in [0.717, 1.165) is 18.4 Å². The minimum atomic E-state index is -1.08. The fraction of sp³-hybridized carbons (Fsp3) is 0.368. The normalized spacial score (nSPS) is 19.6. The standard InChI is InChI=1S/C19H21NO4/c1-3-16-14(19(22)23)10-17(24-16)18(21)20-15-9-8-11(2)12-6-4-5-7-13(12)15/h4-7,10-11,15H,3,8-9H2,1-2H3,(H,20,21)(H,22,23). The summed E-state index contributed by atoms with van der Waals surface area (Å²) in [5, 5.41) is 12.2. The van der Waals surface area contributed by atoms with Gasteiger partial charge in [-0.2, -0.15) is 0 Å². The monoisotopic (exact) mass is 327 g/mol. The van der Waals surface area contributed by atoms with Gasteiger partial charge in [0.05, 0.1) is 6.04 Å². The Balaban J connectivity index is 1.83. The summed E-state index contributed by atoms with van der Waals surface area (Å²) in [4.78, 5) is 23.7. The topological polar surface area (TPSA) is 79.5 Å². The van der Waals surface area contributed by atoms with Crippen molar-refractivity contribution < 1.29 is 19.1 Å². The zero-order valence-corrected chi connectivity index (χ0v) is 13.8. The highest BCUT2D eigenvalue weighted by molar-refractivity contribution is 5.96. The Morgan fingerprint density at radius 3 is 2.58 bits per heavy atom. The van der Waals surface area contributed by atoms with E-state index < -0.39 is 5.97 Å². The number of benzene rings is 1. The van der Waals surface area contributed by atoms with E-state index in [-0.39, 0.29) is 23.3 Å². The summed E-state index contributed by atoms with van der Waals surface area (Å²) >= 11 is 0. The van der Waals surface area contributed by atoms with Crippen molar-refractivity contribution in [2.75, 3.05) is 0 Å². The number of carbonyl (C=O) groups is 2. The molecule has 0 bridgehead atoms. The van der Waals surface area contributed by atoms with E-state index in [4.69, 9.17) is 4.42 Å². The van der Waals surface area contributed by atoms with Crippen molar-refractivity contribution >= 4 is 11.9 Å². The number of aromatic carboxylic acids is 1. The molecule has 0 aliphatic heterocycles. The maximum atomic E-state index is 12.5. The van der Waals surface area contributed by atoms with Gasteiger partial charge < -0.3 is 14.8 Å².